The van der Waals surface area contributed by atoms with E-state index in [1.54, 1.807) is 0 Å². The molecule has 1 unspecified atom stereocenters. The summed E-state index contributed by atoms with van der Waals surface area (Å²) in [4.78, 5) is 11.5. The molecule has 0 bridgehead atoms. The van der Waals surface area contributed by atoms with Gasteiger partial charge in [-0.2, -0.15) is 0 Å². The van der Waals surface area contributed by atoms with Crippen molar-refractivity contribution in [1.29, 1.82) is 0 Å². The number of hydrogen-bond acceptors (Lipinski definition) is 4. The van der Waals surface area contributed by atoms with Gasteiger partial charge in [-0.15, -0.1) is 0 Å². The molecule has 0 aromatic heterocycles. The van der Waals surface area contributed by atoms with Crippen LogP contribution in [0.3, 0.4) is 0 Å². The molecule has 21 heavy (non-hydrogen) atoms. The molecule has 1 aromatic carbocycles. The quantitative estimate of drug-likeness (QED) is 0.568. The van der Waals surface area contributed by atoms with Crippen LogP contribution in [0.25, 0.3) is 0 Å². The van der Waals surface area contributed by atoms with Gasteiger partial charge in [-0.05, 0) is 19.1 Å². The monoisotopic (exact) mass is 314 g/mol. The highest BCUT2D eigenvalue weighted by Crippen LogP contribution is 2.15. The number of nitro benzene ring substituents is 1. The van der Waals surface area contributed by atoms with Crippen molar-refractivity contribution in [3.8, 4) is 0 Å². The average Bonchev–Trinajstić information content (AvgIpc) is 2.93. The number of quaternary nitrogens is 1. The summed E-state index contributed by atoms with van der Waals surface area (Å²) in [6.07, 6.45) is 2.14. The number of likely N-dealkylation sites (tertiary alicyclic amines) is 1. The van der Waals surface area contributed by atoms with Gasteiger partial charge >= 0.3 is 0 Å². The van der Waals surface area contributed by atoms with E-state index in [0.29, 0.717) is 12.6 Å². The number of hydrogen-bond donors (Lipinski definition) is 2. The Kier molecular flexibility index (Phi) is 4.92. The van der Waals surface area contributed by atoms with Crippen molar-refractivity contribution in [1.82, 2.24) is 4.72 Å². The molecule has 2 rings (SSSR count). The van der Waals surface area contributed by atoms with Gasteiger partial charge in [0, 0.05) is 25.0 Å². The van der Waals surface area contributed by atoms with Gasteiger partial charge in [0.15, 0.2) is 0 Å². The molecule has 0 amide bonds. The zero-order chi connectivity index (χ0) is 15.5. The summed E-state index contributed by atoms with van der Waals surface area (Å²) >= 11 is 0. The van der Waals surface area contributed by atoms with Crippen LogP contribution in [0.4, 0.5) is 5.69 Å². The van der Waals surface area contributed by atoms with Gasteiger partial charge in [-0.3, -0.25) is 10.1 Å². The fourth-order valence-corrected chi connectivity index (χ4v) is 3.82. The normalized spacial score (nSPS) is 22.3. The number of nitro groups is 1. The van der Waals surface area contributed by atoms with E-state index in [2.05, 4.69) is 11.6 Å². The van der Waals surface area contributed by atoms with E-state index in [1.165, 1.54) is 29.2 Å². The van der Waals surface area contributed by atoms with Crippen LogP contribution in [0.2, 0.25) is 0 Å². The maximum atomic E-state index is 12.2. The summed E-state index contributed by atoms with van der Waals surface area (Å²) in [5.41, 5.74) is -0.119. The molecule has 0 aliphatic carbocycles. The molecule has 1 aliphatic rings. The van der Waals surface area contributed by atoms with E-state index in [-0.39, 0.29) is 10.6 Å². The second-order valence-electron chi connectivity index (χ2n) is 5.20. The Morgan fingerprint density at radius 1 is 1.38 bits per heavy atom. The summed E-state index contributed by atoms with van der Waals surface area (Å²) in [6.45, 7) is 4.57. The van der Waals surface area contributed by atoms with E-state index in [1.807, 2.05) is 0 Å². The first-order valence-corrected chi connectivity index (χ1v) is 8.51. The molecule has 116 valence electrons. The van der Waals surface area contributed by atoms with E-state index in [4.69, 9.17) is 0 Å². The van der Waals surface area contributed by atoms with E-state index in [0.717, 1.165) is 25.9 Å². The fourth-order valence-electron chi connectivity index (χ4n) is 2.74. The van der Waals surface area contributed by atoms with Crippen LogP contribution in [0.15, 0.2) is 29.2 Å². The van der Waals surface area contributed by atoms with Gasteiger partial charge in [0.1, 0.15) is 6.04 Å². The molecule has 1 aromatic rings. The lowest BCUT2D eigenvalue weighted by molar-refractivity contribution is -0.909. The first-order chi connectivity index (χ1) is 9.94. The maximum Gasteiger partial charge on any atom is 0.269 e. The van der Waals surface area contributed by atoms with E-state index in [9.17, 15) is 18.5 Å². The zero-order valence-corrected chi connectivity index (χ0v) is 12.7. The maximum absolute atomic E-state index is 12.2. The lowest BCUT2D eigenvalue weighted by Gasteiger charge is -2.20. The van der Waals surface area contributed by atoms with Crippen molar-refractivity contribution in [2.75, 3.05) is 19.6 Å². The van der Waals surface area contributed by atoms with E-state index >= 15 is 0 Å². The molecule has 0 radical (unpaired) electrons. The van der Waals surface area contributed by atoms with Crippen molar-refractivity contribution in [3.63, 3.8) is 0 Å². The Morgan fingerprint density at radius 3 is 2.62 bits per heavy atom. The third-order valence-corrected chi connectivity index (χ3v) is 5.40. The summed E-state index contributed by atoms with van der Waals surface area (Å²) in [5.74, 6) is 0. The van der Waals surface area contributed by atoms with Crippen molar-refractivity contribution < 1.29 is 18.2 Å². The summed E-state index contributed by atoms with van der Waals surface area (Å²) in [5, 5.41) is 10.6. The van der Waals surface area contributed by atoms with Gasteiger partial charge in [-0.25, -0.2) is 13.1 Å². The third kappa shape index (κ3) is 3.78. The van der Waals surface area contributed by atoms with Crippen LogP contribution in [0.5, 0.6) is 0 Å². The van der Waals surface area contributed by atoms with Crippen LogP contribution in [0, 0.1) is 10.1 Å². The highest BCUT2D eigenvalue weighted by atomic mass is 32.2. The minimum atomic E-state index is -3.61. The standard InChI is InChI=1S/C13H19N3O4S/c1-2-15-9-3-4-12(15)10-14-21(19,20)13-7-5-11(6-8-13)16(17)18/h5-8,12,14H,2-4,9-10H2,1H3/p+1/t12-/m1/s1. The second-order valence-corrected chi connectivity index (χ2v) is 6.97. The molecular weight excluding hydrogens is 294 g/mol. The van der Waals surface area contributed by atoms with E-state index < -0.39 is 14.9 Å². The molecule has 2 atom stereocenters. The van der Waals surface area contributed by atoms with Crippen molar-refractivity contribution in [2.24, 2.45) is 0 Å². The zero-order valence-electron chi connectivity index (χ0n) is 11.9. The minimum absolute atomic E-state index is 0.0594. The number of rotatable bonds is 6. The molecule has 8 heteroatoms. The van der Waals surface area contributed by atoms with Gasteiger partial charge in [-0.1, -0.05) is 0 Å². The largest absolute Gasteiger partial charge is 0.332 e. The Bertz CT molecular complexity index is 600. The number of benzene rings is 1. The van der Waals surface area contributed by atoms with Gasteiger partial charge in [0.05, 0.1) is 29.5 Å². The first kappa shape index (κ1) is 15.9. The Balaban J connectivity index is 2.02. The highest BCUT2D eigenvalue weighted by molar-refractivity contribution is 7.89. The molecule has 1 heterocycles. The number of nitrogens with zero attached hydrogens (tertiary/aromatic N) is 1. The molecular formula is C13H20N3O4S+. The van der Waals surface area contributed by atoms with Crippen LogP contribution >= 0.6 is 0 Å². The average molecular weight is 314 g/mol. The molecule has 2 N–H and O–H groups in total. The molecule has 1 aliphatic heterocycles. The molecule has 0 spiro atoms. The smallest absolute Gasteiger partial charge is 0.269 e. The summed E-state index contributed by atoms with van der Waals surface area (Å²) in [6, 6.07) is 5.24. The molecule has 1 fully saturated rings. The lowest BCUT2D eigenvalue weighted by Crippen LogP contribution is -3.14. The van der Waals surface area contributed by atoms with Gasteiger partial charge in [0.2, 0.25) is 10.0 Å². The molecule has 7 nitrogen and oxygen atoms in total. The minimum Gasteiger partial charge on any atom is -0.332 e. The summed E-state index contributed by atoms with van der Waals surface area (Å²) in [7, 11) is -3.61. The van der Waals surface area contributed by atoms with Crippen LogP contribution in [-0.2, 0) is 10.0 Å². The van der Waals surface area contributed by atoms with Gasteiger partial charge < -0.3 is 4.90 Å². The number of sulfonamides is 1. The van der Waals surface area contributed by atoms with Crippen molar-refractivity contribution in [3.05, 3.63) is 34.4 Å². The molecule has 1 saturated heterocycles. The SMILES string of the molecule is CC[NH+]1CCC[C@@H]1CNS(=O)(=O)c1ccc([N+](=O)[O-])cc1. The highest BCUT2D eigenvalue weighted by Gasteiger charge is 2.28. The number of nitrogens with one attached hydrogen (secondary N) is 2. The van der Waals surface area contributed by atoms with Crippen molar-refractivity contribution in [2.45, 2.75) is 30.7 Å². The summed E-state index contributed by atoms with van der Waals surface area (Å²) < 4.78 is 27.0. The first-order valence-electron chi connectivity index (χ1n) is 7.02. The lowest BCUT2D eigenvalue weighted by atomic mass is 10.2. The van der Waals surface area contributed by atoms with Crippen LogP contribution in [-0.4, -0.2) is 39.0 Å². The van der Waals surface area contributed by atoms with Crippen molar-refractivity contribution >= 4 is 15.7 Å². The van der Waals surface area contributed by atoms with Crippen LogP contribution in [0.1, 0.15) is 19.8 Å². The predicted molar refractivity (Wildman–Crippen MR) is 77.7 cm³/mol. The predicted octanol–water partition coefficient (Wildman–Crippen LogP) is -0.0597. The molecule has 0 saturated carbocycles. The third-order valence-electron chi connectivity index (χ3n) is 3.96. The fraction of sp³-hybridized carbons (Fsp3) is 0.538. The van der Waals surface area contributed by atoms with Gasteiger partial charge in [0.25, 0.3) is 5.69 Å². The number of likely N-dealkylation sites (N-methyl/N-ethyl adjacent to an activating group) is 1. The Hall–Kier alpha value is -1.51. The second kappa shape index (κ2) is 6.50. The Labute approximate surface area is 124 Å². The number of non-ortho nitro benzene ring substituents is 1. The Morgan fingerprint density at radius 2 is 2.05 bits per heavy atom. The topological polar surface area (TPSA) is 93.8 Å². The van der Waals surface area contributed by atoms with Crippen LogP contribution < -0.4 is 9.62 Å².